The largest absolute Gasteiger partial charge is 0.313 e. The van der Waals surface area contributed by atoms with Crippen LogP contribution in [0.2, 0.25) is 0 Å². The fourth-order valence-electron chi connectivity index (χ4n) is 2.54. The number of benzene rings is 1. The summed E-state index contributed by atoms with van der Waals surface area (Å²) in [6.07, 6.45) is 3.27. The molecule has 1 atom stereocenters. The minimum absolute atomic E-state index is 0.136. The topological polar surface area (TPSA) is 66.5 Å². The number of hydrogen-bond acceptors (Lipinski definition) is 4. The Balaban J connectivity index is 2.16. The van der Waals surface area contributed by atoms with Crippen LogP contribution in [-0.2, 0) is 10.0 Å². The summed E-state index contributed by atoms with van der Waals surface area (Å²) < 4.78 is 26.5. The predicted molar refractivity (Wildman–Crippen MR) is 81.9 cm³/mol. The summed E-state index contributed by atoms with van der Waals surface area (Å²) in [4.78, 5) is 11.6. The van der Waals surface area contributed by atoms with E-state index >= 15 is 0 Å². The van der Waals surface area contributed by atoms with Gasteiger partial charge < -0.3 is 5.32 Å². The molecule has 1 unspecified atom stereocenters. The highest BCUT2D eigenvalue weighted by Crippen LogP contribution is 2.18. The Labute approximate surface area is 126 Å². The first-order valence-corrected chi connectivity index (χ1v) is 8.66. The molecule has 6 heteroatoms. The molecule has 0 radical (unpaired) electrons. The van der Waals surface area contributed by atoms with Crippen LogP contribution in [0.4, 0.5) is 0 Å². The molecule has 0 amide bonds. The van der Waals surface area contributed by atoms with Gasteiger partial charge in [0.05, 0.1) is 4.90 Å². The monoisotopic (exact) mass is 310 g/mol. The Kier molecular flexibility index (Phi) is 5.13. The van der Waals surface area contributed by atoms with E-state index in [0.29, 0.717) is 12.1 Å². The van der Waals surface area contributed by atoms with Crippen LogP contribution in [0.3, 0.4) is 0 Å². The lowest BCUT2D eigenvalue weighted by Crippen LogP contribution is -2.44. The molecule has 0 spiro atoms. The van der Waals surface area contributed by atoms with Gasteiger partial charge in [-0.1, -0.05) is 18.6 Å². The molecule has 1 aliphatic heterocycles. The summed E-state index contributed by atoms with van der Waals surface area (Å²) in [6.45, 7) is 2.83. The molecule has 2 rings (SSSR count). The third-order valence-corrected chi connectivity index (χ3v) is 5.66. The molecule has 1 heterocycles. The average Bonchev–Trinajstić information content (AvgIpc) is 2.48. The maximum Gasteiger partial charge on any atom is 0.242 e. The fourth-order valence-corrected chi connectivity index (χ4v) is 3.81. The van der Waals surface area contributed by atoms with Crippen molar-refractivity contribution in [1.29, 1.82) is 0 Å². The van der Waals surface area contributed by atoms with Gasteiger partial charge in [-0.3, -0.25) is 4.79 Å². The third kappa shape index (κ3) is 3.90. The number of ketones is 1. The highest BCUT2D eigenvalue weighted by molar-refractivity contribution is 7.89. The molecule has 0 aliphatic carbocycles. The number of sulfonamides is 1. The quantitative estimate of drug-likeness (QED) is 0.840. The van der Waals surface area contributed by atoms with Gasteiger partial charge in [0.1, 0.15) is 0 Å². The third-order valence-electron chi connectivity index (χ3n) is 3.84. The predicted octanol–water partition coefficient (Wildman–Crippen LogP) is 1.65. The summed E-state index contributed by atoms with van der Waals surface area (Å²) in [5, 5.41) is 3.34. The van der Waals surface area contributed by atoms with Crippen molar-refractivity contribution in [3.05, 3.63) is 29.8 Å². The molecule has 1 aliphatic rings. The van der Waals surface area contributed by atoms with Crippen LogP contribution in [0.1, 0.15) is 36.5 Å². The van der Waals surface area contributed by atoms with Gasteiger partial charge in [-0.25, -0.2) is 8.42 Å². The van der Waals surface area contributed by atoms with Crippen molar-refractivity contribution in [2.24, 2.45) is 0 Å². The number of nitrogens with zero attached hydrogens (tertiary/aromatic N) is 1. The lowest BCUT2D eigenvalue weighted by atomic mass is 10.1. The zero-order chi connectivity index (χ0) is 15.5. The van der Waals surface area contributed by atoms with E-state index in [4.69, 9.17) is 0 Å². The van der Waals surface area contributed by atoms with Crippen LogP contribution in [0, 0.1) is 0 Å². The van der Waals surface area contributed by atoms with Crippen LogP contribution in [0.25, 0.3) is 0 Å². The van der Waals surface area contributed by atoms with E-state index in [0.717, 1.165) is 25.8 Å². The van der Waals surface area contributed by atoms with Gasteiger partial charge >= 0.3 is 0 Å². The van der Waals surface area contributed by atoms with Crippen LogP contribution in [0.5, 0.6) is 0 Å². The Morgan fingerprint density at radius 1 is 1.38 bits per heavy atom. The lowest BCUT2D eigenvalue weighted by Gasteiger charge is -2.27. The van der Waals surface area contributed by atoms with Gasteiger partial charge in [0.2, 0.25) is 10.0 Å². The summed E-state index contributed by atoms with van der Waals surface area (Å²) in [5.74, 6) is -0.136. The van der Waals surface area contributed by atoms with Crippen molar-refractivity contribution in [1.82, 2.24) is 9.62 Å². The lowest BCUT2D eigenvalue weighted by molar-refractivity contribution is 0.101. The maximum absolute atomic E-state index is 12.6. The second-order valence-corrected chi connectivity index (χ2v) is 7.56. The summed E-state index contributed by atoms with van der Waals surface area (Å²) in [7, 11) is -1.96. The first-order chi connectivity index (χ1) is 9.91. The van der Waals surface area contributed by atoms with Crippen LogP contribution < -0.4 is 5.32 Å². The van der Waals surface area contributed by atoms with Crippen molar-refractivity contribution in [3.63, 3.8) is 0 Å². The molecule has 0 bridgehead atoms. The number of Topliss-reactive ketones (excluding diaryl/α,β-unsaturated/α-hetero) is 1. The van der Waals surface area contributed by atoms with E-state index in [9.17, 15) is 13.2 Å². The number of hydrogen-bond donors (Lipinski definition) is 1. The van der Waals surface area contributed by atoms with Gasteiger partial charge in [0.25, 0.3) is 0 Å². The van der Waals surface area contributed by atoms with Crippen molar-refractivity contribution >= 4 is 15.8 Å². The van der Waals surface area contributed by atoms with Gasteiger partial charge in [-0.15, -0.1) is 0 Å². The molecule has 0 aromatic heterocycles. The molecule has 1 aromatic carbocycles. The Morgan fingerprint density at radius 3 is 2.76 bits per heavy atom. The van der Waals surface area contributed by atoms with Gasteiger partial charge in [0, 0.05) is 25.2 Å². The summed E-state index contributed by atoms with van der Waals surface area (Å²) >= 11 is 0. The number of carbonyl (C=O) groups is 1. The number of carbonyl (C=O) groups excluding carboxylic acids is 1. The smallest absolute Gasteiger partial charge is 0.242 e. The highest BCUT2D eigenvalue weighted by atomic mass is 32.2. The van der Waals surface area contributed by atoms with Crippen LogP contribution in [0.15, 0.2) is 29.2 Å². The highest BCUT2D eigenvalue weighted by Gasteiger charge is 2.25. The molecule has 116 valence electrons. The zero-order valence-electron chi connectivity index (χ0n) is 12.5. The van der Waals surface area contributed by atoms with Crippen molar-refractivity contribution in [2.75, 3.05) is 20.1 Å². The molecular formula is C15H22N2O3S. The average molecular weight is 310 g/mol. The van der Waals surface area contributed by atoms with E-state index < -0.39 is 10.0 Å². The minimum Gasteiger partial charge on any atom is -0.313 e. The number of piperidine rings is 1. The van der Waals surface area contributed by atoms with E-state index in [1.165, 1.54) is 23.4 Å². The molecule has 1 saturated heterocycles. The van der Waals surface area contributed by atoms with Crippen molar-refractivity contribution in [3.8, 4) is 0 Å². The second kappa shape index (κ2) is 6.68. The van der Waals surface area contributed by atoms with E-state index in [2.05, 4.69) is 5.32 Å². The Morgan fingerprint density at radius 2 is 2.14 bits per heavy atom. The maximum atomic E-state index is 12.6. The first-order valence-electron chi connectivity index (χ1n) is 7.22. The Bertz CT molecular complexity index is 607. The van der Waals surface area contributed by atoms with E-state index in [1.807, 2.05) is 0 Å². The molecule has 1 fully saturated rings. The van der Waals surface area contributed by atoms with Crippen molar-refractivity contribution < 1.29 is 13.2 Å². The van der Waals surface area contributed by atoms with Crippen LogP contribution >= 0.6 is 0 Å². The van der Waals surface area contributed by atoms with Gasteiger partial charge in [-0.2, -0.15) is 4.31 Å². The normalized spacial score (nSPS) is 19.7. The standard InChI is InChI=1S/C15H22N2O3S/c1-12(18)13-6-5-8-15(10-13)21(19,20)17(2)11-14-7-3-4-9-16-14/h5-6,8,10,14,16H,3-4,7,9,11H2,1-2H3. The molecular weight excluding hydrogens is 288 g/mol. The van der Waals surface area contributed by atoms with Gasteiger partial charge in [0.15, 0.2) is 5.78 Å². The molecule has 5 nitrogen and oxygen atoms in total. The molecule has 21 heavy (non-hydrogen) atoms. The van der Waals surface area contributed by atoms with Gasteiger partial charge in [-0.05, 0) is 38.4 Å². The SMILES string of the molecule is CC(=O)c1cccc(S(=O)(=O)N(C)CC2CCCCN2)c1. The molecule has 0 saturated carbocycles. The fraction of sp³-hybridized carbons (Fsp3) is 0.533. The zero-order valence-corrected chi connectivity index (χ0v) is 13.3. The molecule has 1 N–H and O–H groups in total. The number of nitrogens with one attached hydrogen (secondary N) is 1. The number of likely N-dealkylation sites (N-methyl/N-ethyl adjacent to an activating group) is 1. The van der Waals surface area contributed by atoms with E-state index in [1.54, 1.807) is 19.2 Å². The van der Waals surface area contributed by atoms with Crippen molar-refractivity contribution in [2.45, 2.75) is 37.1 Å². The number of rotatable bonds is 5. The summed E-state index contributed by atoms with van der Waals surface area (Å²) in [6, 6.07) is 6.42. The second-order valence-electron chi connectivity index (χ2n) is 5.52. The minimum atomic E-state index is -3.55. The van der Waals surface area contributed by atoms with Crippen LogP contribution in [-0.4, -0.2) is 44.7 Å². The first kappa shape index (κ1) is 16.1. The molecule has 1 aromatic rings. The summed E-state index contributed by atoms with van der Waals surface area (Å²) in [5.41, 5.74) is 0.417. The Hall–Kier alpha value is -1.24. The van der Waals surface area contributed by atoms with E-state index in [-0.39, 0.29) is 16.7 Å².